The van der Waals surface area contributed by atoms with Gasteiger partial charge in [0, 0.05) is 5.54 Å². The highest BCUT2D eigenvalue weighted by Crippen LogP contribution is 2.40. The van der Waals surface area contributed by atoms with Crippen LogP contribution < -0.4 is 5.73 Å². The van der Waals surface area contributed by atoms with E-state index in [1.807, 2.05) is 0 Å². The van der Waals surface area contributed by atoms with E-state index in [9.17, 15) is 0 Å². The van der Waals surface area contributed by atoms with E-state index in [1.165, 1.54) is 44.9 Å². The van der Waals surface area contributed by atoms with Crippen molar-refractivity contribution >= 4 is 0 Å². The van der Waals surface area contributed by atoms with Crippen molar-refractivity contribution in [2.75, 3.05) is 0 Å². The van der Waals surface area contributed by atoms with E-state index in [0.29, 0.717) is 11.3 Å². The highest BCUT2D eigenvalue weighted by atomic mass is 14.8. The van der Waals surface area contributed by atoms with Crippen LogP contribution in [-0.2, 0) is 0 Å². The van der Waals surface area contributed by atoms with Gasteiger partial charge in [0.1, 0.15) is 0 Å². The first-order valence-electron chi connectivity index (χ1n) is 6.68. The third-order valence-corrected chi connectivity index (χ3v) is 4.47. The van der Waals surface area contributed by atoms with E-state index >= 15 is 0 Å². The average Bonchev–Trinajstić information content (AvgIpc) is 2.27. The molecule has 1 aliphatic carbocycles. The van der Waals surface area contributed by atoms with Crippen molar-refractivity contribution in [1.82, 2.24) is 0 Å². The van der Waals surface area contributed by atoms with Gasteiger partial charge in [-0.1, -0.05) is 40.5 Å². The molecule has 90 valence electrons. The minimum Gasteiger partial charge on any atom is -0.325 e. The highest BCUT2D eigenvalue weighted by Gasteiger charge is 2.35. The van der Waals surface area contributed by atoms with Crippen LogP contribution in [0.1, 0.15) is 72.6 Å². The molecule has 0 radical (unpaired) electrons. The molecule has 1 aliphatic rings. The fourth-order valence-electron chi connectivity index (χ4n) is 2.93. The summed E-state index contributed by atoms with van der Waals surface area (Å²) in [4.78, 5) is 0. The van der Waals surface area contributed by atoms with Gasteiger partial charge < -0.3 is 5.73 Å². The maximum atomic E-state index is 6.61. The van der Waals surface area contributed by atoms with Crippen LogP contribution in [0.2, 0.25) is 0 Å². The van der Waals surface area contributed by atoms with Crippen LogP contribution in [-0.4, -0.2) is 5.54 Å². The van der Waals surface area contributed by atoms with Crippen molar-refractivity contribution in [2.45, 2.75) is 78.2 Å². The lowest BCUT2D eigenvalue weighted by molar-refractivity contribution is 0.228. The summed E-state index contributed by atoms with van der Waals surface area (Å²) in [5.74, 6) is 0.691. The van der Waals surface area contributed by atoms with E-state index in [-0.39, 0.29) is 5.54 Å². The van der Waals surface area contributed by atoms with Gasteiger partial charge in [-0.05, 0) is 43.4 Å². The standard InChI is InChI=1S/C14H29N/c1-5-7-12(2)14(15)9-6-8-13(3,4)10-11-14/h12H,5-11,15H2,1-4H3. The second-order valence-corrected chi connectivity index (χ2v) is 6.44. The molecule has 1 fully saturated rings. The average molecular weight is 211 g/mol. The largest absolute Gasteiger partial charge is 0.325 e. The number of rotatable bonds is 3. The fourth-order valence-corrected chi connectivity index (χ4v) is 2.93. The van der Waals surface area contributed by atoms with Gasteiger partial charge in [0.15, 0.2) is 0 Å². The van der Waals surface area contributed by atoms with Crippen molar-refractivity contribution in [1.29, 1.82) is 0 Å². The Hall–Kier alpha value is -0.0400. The fraction of sp³-hybridized carbons (Fsp3) is 1.00. The van der Waals surface area contributed by atoms with E-state index < -0.39 is 0 Å². The molecule has 0 aromatic rings. The molecule has 15 heavy (non-hydrogen) atoms. The molecule has 0 heterocycles. The number of nitrogens with two attached hydrogens (primary N) is 1. The first kappa shape index (κ1) is 13.0. The Morgan fingerprint density at radius 3 is 2.40 bits per heavy atom. The number of hydrogen-bond acceptors (Lipinski definition) is 1. The maximum Gasteiger partial charge on any atom is 0.0180 e. The van der Waals surface area contributed by atoms with Crippen LogP contribution in [0, 0.1) is 11.3 Å². The third-order valence-electron chi connectivity index (χ3n) is 4.47. The van der Waals surface area contributed by atoms with Crippen LogP contribution in [0.4, 0.5) is 0 Å². The zero-order valence-electron chi connectivity index (χ0n) is 11.1. The van der Waals surface area contributed by atoms with E-state index in [0.717, 1.165) is 0 Å². The first-order chi connectivity index (χ1) is 6.90. The molecule has 2 unspecified atom stereocenters. The SMILES string of the molecule is CCCC(C)C1(N)CCCC(C)(C)CC1. The van der Waals surface area contributed by atoms with Gasteiger partial charge in [0.25, 0.3) is 0 Å². The highest BCUT2D eigenvalue weighted by molar-refractivity contribution is 4.93. The summed E-state index contributed by atoms with van der Waals surface area (Å²) >= 11 is 0. The van der Waals surface area contributed by atoms with Crippen molar-refractivity contribution in [3.05, 3.63) is 0 Å². The Labute approximate surface area is 95.8 Å². The van der Waals surface area contributed by atoms with Crippen molar-refractivity contribution < 1.29 is 0 Å². The summed E-state index contributed by atoms with van der Waals surface area (Å²) in [6.07, 6.45) is 8.99. The minimum absolute atomic E-state index is 0.129. The Morgan fingerprint density at radius 2 is 1.80 bits per heavy atom. The quantitative estimate of drug-likeness (QED) is 0.698. The molecule has 0 bridgehead atoms. The van der Waals surface area contributed by atoms with Gasteiger partial charge in [-0.2, -0.15) is 0 Å². The van der Waals surface area contributed by atoms with Crippen LogP contribution in [0.25, 0.3) is 0 Å². The molecular weight excluding hydrogens is 182 g/mol. The third kappa shape index (κ3) is 3.48. The predicted molar refractivity (Wildman–Crippen MR) is 67.9 cm³/mol. The summed E-state index contributed by atoms with van der Waals surface area (Å²) in [7, 11) is 0. The van der Waals surface area contributed by atoms with Crippen LogP contribution >= 0.6 is 0 Å². The van der Waals surface area contributed by atoms with E-state index in [4.69, 9.17) is 5.73 Å². The topological polar surface area (TPSA) is 26.0 Å². The van der Waals surface area contributed by atoms with Crippen LogP contribution in [0.5, 0.6) is 0 Å². The molecule has 0 aliphatic heterocycles. The monoisotopic (exact) mass is 211 g/mol. The second kappa shape index (κ2) is 4.86. The number of hydrogen-bond donors (Lipinski definition) is 1. The molecule has 0 spiro atoms. The van der Waals surface area contributed by atoms with Gasteiger partial charge in [-0.15, -0.1) is 0 Å². The summed E-state index contributed by atoms with van der Waals surface area (Å²) in [6, 6.07) is 0. The van der Waals surface area contributed by atoms with Gasteiger partial charge in [-0.3, -0.25) is 0 Å². The normalized spacial score (nSPS) is 33.4. The van der Waals surface area contributed by atoms with Crippen LogP contribution in [0.15, 0.2) is 0 Å². The first-order valence-corrected chi connectivity index (χ1v) is 6.68. The molecule has 1 saturated carbocycles. The van der Waals surface area contributed by atoms with Gasteiger partial charge in [-0.25, -0.2) is 0 Å². The second-order valence-electron chi connectivity index (χ2n) is 6.44. The lowest BCUT2D eigenvalue weighted by atomic mass is 9.76. The molecule has 0 aromatic heterocycles. The minimum atomic E-state index is 0.129. The van der Waals surface area contributed by atoms with Gasteiger partial charge >= 0.3 is 0 Å². The van der Waals surface area contributed by atoms with Crippen molar-refractivity contribution in [3.8, 4) is 0 Å². The van der Waals surface area contributed by atoms with E-state index in [1.54, 1.807) is 0 Å². The molecule has 1 heteroatoms. The Bertz CT molecular complexity index is 198. The van der Waals surface area contributed by atoms with Gasteiger partial charge in [0.05, 0.1) is 0 Å². The zero-order valence-corrected chi connectivity index (χ0v) is 11.1. The molecule has 1 rings (SSSR count). The summed E-state index contributed by atoms with van der Waals surface area (Å²) in [6.45, 7) is 9.40. The van der Waals surface area contributed by atoms with Gasteiger partial charge in [0.2, 0.25) is 0 Å². The molecule has 0 aromatic carbocycles. The van der Waals surface area contributed by atoms with Crippen molar-refractivity contribution in [2.24, 2.45) is 17.1 Å². The summed E-state index contributed by atoms with van der Waals surface area (Å²) in [5.41, 5.74) is 7.26. The smallest absolute Gasteiger partial charge is 0.0180 e. The maximum absolute atomic E-state index is 6.61. The lowest BCUT2D eigenvalue weighted by Crippen LogP contribution is -2.45. The van der Waals surface area contributed by atoms with Crippen molar-refractivity contribution in [3.63, 3.8) is 0 Å². The molecular formula is C14H29N. The molecule has 0 amide bonds. The summed E-state index contributed by atoms with van der Waals surface area (Å²) < 4.78 is 0. The molecule has 2 N–H and O–H groups in total. The summed E-state index contributed by atoms with van der Waals surface area (Å²) in [5, 5.41) is 0. The van der Waals surface area contributed by atoms with Crippen LogP contribution in [0.3, 0.4) is 0 Å². The Balaban J connectivity index is 2.61. The van der Waals surface area contributed by atoms with E-state index in [2.05, 4.69) is 27.7 Å². The zero-order chi connectivity index (χ0) is 11.5. The Morgan fingerprint density at radius 1 is 1.13 bits per heavy atom. The molecule has 0 saturated heterocycles. The molecule has 2 atom stereocenters. The molecule has 1 nitrogen and oxygen atoms in total. The predicted octanol–water partition coefficient (Wildman–Crippen LogP) is 4.11. The Kier molecular flexibility index (Phi) is 4.22. The lowest BCUT2D eigenvalue weighted by Gasteiger charge is -2.35.